The van der Waals surface area contributed by atoms with E-state index in [1.807, 2.05) is 13.8 Å². The molecule has 1 heterocycles. The summed E-state index contributed by atoms with van der Waals surface area (Å²) in [7, 11) is 0. The van der Waals surface area contributed by atoms with Crippen molar-refractivity contribution >= 4 is 17.6 Å². The normalized spacial score (nSPS) is 16.3. The van der Waals surface area contributed by atoms with Gasteiger partial charge in [-0.25, -0.2) is 13.2 Å². The van der Waals surface area contributed by atoms with Gasteiger partial charge in [0.25, 0.3) is 5.91 Å². The summed E-state index contributed by atoms with van der Waals surface area (Å²) in [5.74, 6) is -4.52. The summed E-state index contributed by atoms with van der Waals surface area (Å²) in [4.78, 5) is 44.1. The lowest BCUT2D eigenvalue weighted by Gasteiger charge is -2.37. The highest BCUT2D eigenvalue weighted by Crippen LogP contribution is 2.31. The Morgan fingerprint density at radius 1 is 0.913 bits per heavy atom. The monoisotopic (exact) mass is 636 g/mol. The Bertz CT molecular complexity index is 1520. The van der Waals surface area contributed by atoms with Crippen molar-refractivity contribution in [3.8, 4) is 0 Å². The van der Waals surface area contributed by atoms with Gasteiger partial charge < -0.3 is 14.9 Å². The second-order valence-corrected chi connectivity index (χ2v) is 12.4. The molecule has 6 nitrogen and oxygen atoms in total. The van der Waals surface area contributed by atoms with Gasteiger partial charge in [0.05, 0.1) is 12.0 Å². The number of ketones is 1. The molecular formula is C37H43F3N2O4. The molecular weight excluding hydrogens is 593 g/mol. The zero-order chi connectivity index (χ0) is 33.4. The number of hydrogen-bond acceptors (Lipinski definition) is 4. The second-order valence-electron chi connectivity index (χ2n) is 12.4. The summed E-state index contributed by atoms with van der Waals surface area (Å²) in [6, 6.07) is 14.0. The standard InChI is InChI=1S/C37H43F3N2O4/c1-4-11-41(12-5-2)36(45)29-15-24(3)14-27(20-29)34(43)21-28(16-26-18-31(39)22-32(40)19-26)35(44)33-10-7-13-42(37(33)46)23-25-8-6-9-30(38)17-25/h6,8-9,14-15,17-20,22,28,33,35,44H,4-5,7,10-13,16,21,23H2,1-3H3/t28?,33?,35-/m1/s1. The highest BCUT2D eigenvalue weighted by molar-refractivity contribution is 6.01. The van der Waals surface area contributed by atoms with Crippen molar-refractivity contribution < 1.29 is 32.7 Å². The van der Waals surface area contributed by atoms with Gasteiger partial charge in [0.1, 0.15) is 17.5 Å². The number of benzene rings is 3. The van der Waals surface area contributed by atoms with Gasteiger partial charge in [-0.2, -0.15) is 0 Å². The SMILES string of the molecule is CCCN(CCC)C(=O)c1cc(C)cc(C(=O)CC(Cc2cc(F)cc(F)c2)[C@@H](O)C2CCCN(Cc3cccc(F)c3)C2=O)c1. The molecule has 0 spiro atoms. The maximum atomic E-state index is 14.2. The lowest BCUT2D eigenvalue weighted by atomic mass is 9.79. The Morgan fingerprint density at radius 2 is 1.57 bits per heavy atom. The number of carbonyl (C=O) groups excluding carboxylic acids is 3. The number of amides is 2. The summed E-state index contributed by atoms with van der Waals surface area (Å²) >= 11 is 0. The van der Waals surface area contributed by atoms with Gasteiger partial charge >= 0.3 is 0 Å². The molecule has 0 saturated carbocycles. The van der Waals surface area contributed by atoms with E-state index in [9.17, 15) is 32.7 Å². The summed E-state index contributed by atoms with van der Waals surface area (Å²) in [6.45, 7) is 7.58. The third-order valence-corrected chi connectivity index (χ3v) is 8.52. The zero-order valence-electron chi connectivity index (χ0n) is 26.8. The van der Waals surface area contributed by atoms with Gasteiger partial charge in [0.2, 0.25) is 5.91 Å². The fourth-order valence-corrected chi connectivity index (χ4v) is 6.43. The van der Waals surface area contributed by atoms with Crippen LogP contribution in [0.15, 0.2) is 60.7 Å². The van der Waals surface area contributed by atoms with E-state index in [4.69, 9.17) is 0 Å². The van der Waals surface area contributed by atoms with E-state index in [2.05, 4.69) is 0 Å². The fraction of sp³-hybridized carbons (Fsp3) is 0.432. The van der Waals surface area contributed by atoms with E-state index in [1.165, 1.54) is 12.1 Å². The van der Waals surface area contributed by atoms with Crippen LogP contribution in [-0.2, 0) is 17.8 Å². The summed E-state index contributed by atoms with van der Waals surface area (Å²) in [6.07, 6.45) is 0.995. The van der Waals surface area contributed by atoms with Gasteiger partial charge in [-0.1, -0.05) is 26.0 Å². The third kappa shape index (κ3) is 9.06. The van der Waals surface area contributed by atoms with Crippen LogP contribution in [0.3, 0.4) is 0 Å². The molecule has 0 aromatic heterocycles. The first-order valence-corrected chi connectivity index (χ1v) is 16.1. The van der Waals surface area contributed by atoms with Crippen molar-refractivity contribution in [1.82, 2.24) is 9.80 Å². The van der Waals surface area contributed by atoms with Crippen molar-refractivity contribution in [2.45, 2.75) is 71.9 Å². The molecule has 0 radical (unpaired) electrons. The van der Waals surface area contributed by atoms with Crippen molar-refractivity contribution in [3.05, 3.63) is 106 Å². The van der Waals surface area contributed by atoms with Gasteiger partial charge in [-0.05, 0) is 104 Å². The Labute approximate surface area is 269 Å². The first kappa shape index (κ1) is 34.9. The molecule has 1 fully saturated rings. The molecule has 246 valence electrons. The van der Waals surface area contributed by atoms with E-state index >= 15 is 0 Å². The molecule has 4 rings (SSSR count). The number of nitrogens with zero attached hydrogens (tertiary/aromatic N) is 2. The van der Waals surface area contributed by atoms with E-state index in [1.54, 1.807) is 47.1 Å². The number of Topliss-reactive ketones (excluding diaryl/α,β-unsaturated/α-hetero) is 1. The molecule has 9 heteroatoms. The highest BCUT2D eigenvalue weighted by atomic mass is 19.1. The van der Waals surface area contributed by atoms with Crippen LogP contribution in [0.2, 0.25) is 0 Å². The van der Waals surface area contributed by atoms with Crippen molar-refractivity contribution in [2.24, 2.45) is 11.8 Å². The summed E-state index contributed by atoms with van der Waals surface area (Å²) < 4.78 is 42.1. The van der Waals surface area contributed by atoms with Gasteiger partial charge in [-0.15, -0.1) is 0 Å². The number of piperidine rings is 1. The molecule has 1 saturated heterocycles. The lowest BCUT2D eigenvalue weighted by molar-refractivity contribution is -0.145. The molecule has 3 aromatic rings. The number of likely N-dealkylation sites (tertiary alicyclic amines) is 1. The molecule has 46 heavy (non-hydrogen) atoms. The fourth-order valence-electron chi connectivity index (χ4n) is 6.43. The minimum atomic E-state index is -1.30. The number of halogens is 3. The zero-order valence-corrected chi connectivity index (χ0v) is 26.8. The highest BCUT2D eigenvalue weighted by Gasteiger charge is 2.38. The molecule has 3 atom stereocenters. The van der Waals surface area contributed by atoms with Crippen molar-refractivity contribution in [1.29, 1.82) is 0 Å². The smallest absolute Gasteiger partial charge is 0.253 e. The van der Waals surface area contributed by atoms with E-state index < -0.39 is 35.4 Å². The molecule has 1 aliphatic rings. The van der Waals surface area contributed by atoms with Crippen LogP contribution in [0, 0.1) is 36.2 Å². The maximum Gasteiger partial charge on any atom is 0.253 e. The van der Waals surface area contributed by atoms with Crippen LogP contribution >= 0.6 is 0 Å². The topological polar surface area (TPSA) is 77.9 Å². The van der Waals surface area contributed by atoms with E-state index in [0.717, 1.165) is 36.6 Å². The van der Waals surface area contributed by atoms with Crippen LogP contribution in [0.4, 0.5) is 13.2 Å². The number of hydrogen-bond donors (Lipinski definition) is 1. The molecule has 2 unspecified atom stereocenters. The minimum Gasteiger partial charge on any atom is -0.392 e. The van der Waals surface area contributed by atoms with Crippen LogP contribution in [0.1, 0.15) is 83.4 Å². The van der Waals surface area contributed by atoms with Gasteiger partial charge in [-0.3, -0.25) is 14.4 Å². The molecule has 1 N–H and O–H groups in total. The molecule has 0 aliphatic carbocycles. The number of carbonyl (C=O) groups is 3. The molecule has 3 aromatic carbocycles. The van der Waals surface area contributed by atoms with Crippen molar-refractivity contribution in [2.75, 3.05) is 19.6 Å². The minimum absolute atomic E-state index is 0.0480. The Kier molecular flexibility index (Phi) is 12.2. The number of aliphatic hydroxyl groups is 1. The average Bonchev–Trinajstić information content (AvgIpc) is 3.00. The quantitative estimate of drug-likeness (QED) is 0.195. The Hall–Kier alpha value is -3.98. The first-order valence-electron chi connectivity index (χ1n) is 16.1. The average molecular weight is 637 g/mol. The van der Waals surface area contributed by atoms with Crippen LogP contribution in [0.5, 0.6) is 0 Å². The largest absolute Gasteiger partial charge is 0.392 e. The van der Waals surface area contributed by atoms with Crippen LogP contribution in [0.25, 0.3) is 0 Å². The van der Waals surface area contributed by atoms with Gasteiger partial charge in [0.15, 0.2) is 5.78 Å². The van der Waals surface area contributed by atoms with Crippen LogP contribution in [-0.4, -0.2) is 58.2 Å². The van der Waals surface area contributed by atoms with Crippen LogP contribution < -0.4 is 0 Å². The second kappa shape index (κ2) is 16.0. The Morgan fingerprint density at radius 3 is 2.22 bits per heavy atom. The molecule has 0 bridgehead atoms. The summed E-state index contributed by atoms with van der Waals surface area (Å²) in [5.41, 5.74) is 2.28. The van der Waals surface area contributed by atoms with Gasteiger partial charge in [0, 0.05) is 49.8 Å². The van der Waals surface area contributed by atoms with E-state index in [0.29, 0.717) is 49.2 Å². The van der Waals surface area contributed by atoms with E-state index in [-0.39, 0.29) is 42.5 Å². The predicted octanol–water partition coefficient (Wildman–Crippen LogP) is 6.91. The Balaban J connectivity index is 1.61. The number of aliphatic hydroxyl groups excluding tert-OH is 1. The number of rotatable bonds is 14. The third-order valence-electron chi connectivity index (χ3n) is 8.52. The predicted molar refractivity (Wildman–Crippen MR) is 171 cm³/mol. The van der Waals surface area contributed by atoms with Crippen molar-refractivity contribution in [3.63, 3.8) is 0 Å². The first-order chi connectivity index (χ1) is 22.0. The molecule has 1 aliphatic heterocycles. The lowest BCUT2D eigenvalue weighted by Crippen LogP contribution is -2.47. The summed E-state index contributed by atoms with van der Waals surface area (Å²) in [5, 5.41) is 11.7. The maximum absolute atomic E-state index is 14.2. The molecule has 2 amide bonds. The number of aryl methyl sites for hydroxylation is 1.